The van der Waals surface area contributed by atoms with E-state index in [9.17, 15) is 30.6 Å². The average Bonchev–Trinajstić information content (AvgIpc) is 2.80. The Labute approximate surface area is 216 Å². The highest BCUT2D eigenvalue weighted by molar-refractivity contribution is 5.38. The molecular weight excluding hydrogens is 456 g/mol. The highest BCUT2D eigenvalue weighted by Crippen LogP contribution is 2.75. The van der Waals surface area contributed by atoms with E-state index in [2.05, 4.69) is 40.7 Å². The first-order valence-corrected chi connectivity index (χ1v) is 14.2. The van der Waals surface area contributed by atoms with Crippen molar-refractivity contribution < 1.29 is 30.6 Å². The Hall–Kier alpha value is -0.500. The Morgan fingerprint density at radius 2 is 1.39 bits per heavy atom. The van der Waals surface area contributed by atoms with Crippen molar-refractivity contribution in [1.29, 1.82) is 0 Å². The van der Waals surface area contributed by atoms with Crippen molar-refractivity contribution in [2.24, 2.45) is 50.2 Å². The summed E-state index contributed by atoms with van der Waals surface area (Å²) in [5, 5.41) is 67.7. The van der Waals surface area contributed by atoms with Gasteiger partial charge >= 0.3 is 0 Å². The summed E-state index contributed by atoms with van der Waals surface area (Å²) in [5.74, 6) is 0.310. The van der Waals surface area contributed by atoms with Gasteiger partial charge in [0.25, 0.3) is 0 Å². The van der Waals surface area contributed by atoms with Gasteiger partial charge in [0.05, 0.1) is 42.5 Å². The van der Waals surface area contributed by atoms with Gasteiger partial charge in [0.1, 0.15) is 0 Å². The molecule has 4 fully saturated rings. The van der Waals surface area contributed by atoms with Crippen LogP contribution in [0.4, 0.5) is 0 Å². The van der Waals surface area contributed by atoms with Crippen LogP contribution in [0.3, 0.4) is 0 Å². The third-order valence-corrected chi connectivity index (χ3v) is 13.5. The molecule has 4 saturated carbocycles. The largest absolute Gasteiger partial charge is 0.396 e. The maximum Gasteiger partial charge on any atom is 0.0917 e. The molecule has 6 nitrogen and oxygen atoms in total. The van der Waals surface area contributed by atoms with Crippen LogP contribution in [0.1, 0.15) is 87.0 Å². The van der Waals surface area contributed by atoms with Crippen LogP contribution in [0.2, 0.25) is 0 Å². The topological polar surface area (TPSA) is 121 Å². The first-order chi connectivity index (χ1) is 16.5. The lowest BCUT2D eigenvalue weighted by atomic mass is 9.32. The van der Waals surface area contributed by atoms with Crippen LogP contribution < -0.4 is 0 Å². The molecule has 0 spiro atoms. The predicted molar refractivity (Wildman–Crippen MR) is 138 cm³/mol. The molecule has 36 heavy (non-hydrogen) atoms. The predicted octanol–water partition coefficient (Wildman–Crippen LogP) is 3.02. The molecule has 6 heteroatoms. The van der Waals surface area contributed by atoms with E-state index in [0.717, 1.165) is 37.7 Å². The fourth-order valence-corrected chi connectivity index (χ4v) is 10.9. The number of allylic oxidation sites excluding steroid dienone is 1. The number of aliphatic hydroxyl groups is 6. The maximum absolute atomic E-state index is 12.0. The first-order valence-electron chi connectivity index (χ1n) is 14.2. The van der Waals surface area contributed by atoms with Crippen LogP contribution in [-0.2, 0) is 0 Å². The summed E-state index contributed by atoms with van der Waals surface area (Å²) < 4.78 is 0. The minimum Gasteiger partial charge on any atom is -0.396 e. The molecule has 0 radical (unpaired) electrons. The zero-order valence-electron chi connectivity index (χ0n) is 23.3. The lowest BCUT2D eigenvalue weighted by Gasteiger charge is -2.73. The second kappa shape index (κ2) is 7.79. The zero-order valence-corrected chi connectivity index (χ0v) is 23.3. The molecule has 0 unspecified atom stereocenters. The fraction of sp³-hybridized carbons (Fsp3) is 0.933. The normalized spacial score (nSPS) is 57.5. The van der Waals surface area contributed by atoms with Crippen molar-refractivity contribution >= 4 is 0 Å². The number of hydrogen-bond acceptors (Lipinski definition) is 6. The summed E-state index contributed by atoms with van der Waals surface area (Å²) in [6.45, 7) is 14.6. The van der Waals surface area contributed by atoms with Gasteiger partial charge in [-0.15, -0.1) is 0 Å². The van der Waals surface area contributed by atoms with Gasteiger partial charge in [0.15, 0.2) is 0 Å². The third-order valence-electron chi connectivity index (χ3n) is 13.5. The highest BCUT2D eigenvalue weighted by atomic mass is 16.4. The molecule has 0 aliphatic heterocycles. The third kappa shape index (κ3) is 2.85. The van der Waals surface area contributed by atoms with Gasteiger partial charge in [0.2, 0.25) is 0 Å². The molecule has 206 valence electrons. The summed E-state index contributed by atoms with van der Waals surface area (Å²) in [4.78, 5) is 0. The Morgan fingerprint density at radius 1 is 0.778 bits per heavy atom. The van der Waals surface area contributed by atoms with Gasteiger partial charge in [-0.2, -0.15) is 0 Å². The number of rotatable bonds is 1. The van der Waals surface area contributed by atoms with Crippen molar-refractivity contribution in [1.82, 2.24) is 0 Å². The SMILES string of the molecule is CC1(C)C[C@H]2C3=CC[C@@H]4[C@@]5(C)CC[C@H](O)C(C)(C)[C@@H]5CC[C@@]4(C)[C@]3(C)[C@@H](O)[C@@H](O)[C@@]2(CO)[C@@H](O)[C@@H]1O. The molecule has 0 aromatic carbocycles. The monoisotopic (exact) mass is 506 g/mol. The summed E-state index contributed by atoms with van der Waals surface area (Å²) in [6.07, 6.45) is 1.92. The van der Waals surface area contributed by atoms with E-state index in [0.29, 0.717) is 12.3 Å². The van der Waals surface area contributed by atoms with E-state index in [1.165, 1.54) is 0 Å². The summed E-state index contributed by atoms with van der Waals surface area (Å²) in [6, 6.07) is 0. The molecule has 5 rings (SSSR count). The summed E-state index contributed by atoms with van der Waals surface area (Å²) in [7, 11) is 0. The van der Waals surface area contributed by atoms with Crippen LogP contribution in [0, 0.1) is 50.2 Å². The van der Waals surface area contributed by atoms with Crippen LogP contribution in [0.5, 0.6) is 0 Å². The van der Waals surface area contributed by atoms with Gasteiger partial charge in [-0.1, -0.05) is 60.1 Å². The molecule has 0 aromatic rings. The van der Waals surface area contributed by atoms with Crippen LogP contribution in [-0.4, -0.2) is 67.8 Å². The first kappa shape index (κ1) is 27.1. The second-order valence-corrected chi connectivity index (χ2v) is 15.3. The van der Waals surface area contributed by atoms with Gasteiger partial charge in [-0.05, 0) is 77.9 Å². The van der Waals surface area contributed by atoms with Gasteiger partial charge in [0, 0.05) is 5.41 Å². The Kier molecular flexibility index (Phi) is 5.86. The molecule has 0 heterocycles. The van der Waals surface area contributed by atoms with E-state index < -0.39 is 47.3 Å². The standard InChI is InChI=1S/C30H50O6/c1-25(2)14-17-16-8-9-19-27(5)12-11-20(32)26(3,4)18(27)10-13-28(19,6)29(16,7)22(34)24(36)30(17,15-31)23(35)21(25)33/h8,17-24,31-36H,9-15H2,1-7H3/t17-,18-,19+,20-,21-,22-,23-,24+,27-,28+,29-,30+/m0/s1. The van der Waals surface area contributed by atoms with Gasteiger partial charge in [-0.3, -0.25) is 0 Å². The van der Waals surface area contributed by atoms with Crippen LogP contribution in [0.15, 0.2) is 11.6 Å². The molecular formula is C30H50O6. The molecule has 5 aliphatic carbocycles. The lowest BCUT2D eigenvalue weighted by Crippen LogP contribution is -2.76. The molecule has 5 aliphatic rings. The van der Waals surface area contributed by atoms with E-state index in [4.69, 9.17) is 0 Å². The van der Waals surface area contributed by atoms with Crippen LogP contribution in [0.25, 0.3) is 0 Å². The van der Waals surface area contributed by atoms with E-state index in [1.54, 1.807) is 0 Å². The number of aliphatic hydroxyl groups excluding tert-OH is 6. The second-order valence-electron chi connectivity index (χ2n) is 15.3. The zero-order chi connectivity index (χ0) is 26.9. The minimum absolute atomic E-state index is 0.00149. The molecule has 0 saturated heterocycles. The molecule has 0 amide bonds. The summed E-state index contributed by atoms with van der Waals surface area (Å²) in [5.41, 5.74) is -2.16. The van der Waals surface area contributed by atoms with Gasteiger partial charge < -0.3 is 30.6 Å². The Bertz CT molecular complexity index is 944. The Morgan fingerprint density at radius 3 is 2.00 bits per heavy atom. The molecule has 6 N–H and O–H groups in total. The summed E-state index contributed by atoms with van der Waals surface area (Å²) >= 11 is 0. The molecule has 12 atom stereocenters. The van der Waals surface area contributed by atoms with E-state index >= 15 is 0 Å². The minimum atomic E-state index is -1.40. The fourth-order valence-electron chi connectivity index (χ4n) is 10.9. The molecule has 0 bridgehead atoms. The van der Waals surface area contributed by atoms with E-state index in [1.807, 2.05) is 13.8 Å². The van der Waals surface area contributed by atoms with Crippen molar-refractivity contribution in [3.63, 3.8) is 0 Å². The highest BCUT2D eigenvalue weighted by Gasteiger charge is 2.74. The molecule has 0 aromatic heterocycles. The van der Waals surface area contributed by atoms with E-state index in [-0.39, 0.29) is 34.2 Å². The lowest BCUT2D eigenvalue weighted by molar-refractivity contribution is -0.288. The van der Waals surface area contributed by atoms with Crippen molar-refractivity contribution in [3.05, 3.63) is 11.6 Å². The number of hydrogen-bond donors (Lipinski definition) is 6. The number of fused-ring (bicyclic) bond motifs is 7. The quantitative estimate of drug-likeness (QED) is 0.304. The Balaban J connectivity index is 1.67. The maximum atomic E-state index is 12.0. The smallest absolute Gasteiger partial charge is 0.0917 e. The van der Waals surface area contributed by atoms with Crippen molar-refractivity contribution in [2.75, 3.05) is 6.61 Å². The van der Waals surface area contributed by atoms with Crippen molar-refractivity contribution in [3.8, 4) is 0 Å². The van der Waals surface area contributed by atoms with Gasteiger partial charge in [-0.25, -0.2) is 0 Å². The van der Waals surface area contributed by atoms with Crippen LogP contribution >= 0.6 is 0 Å². The van der Waals surface area contributed by atoms with Crippen molar-refractivity contribution in [2.45, 2.75) is 118 Å². The average molecular weight is 507 g/mol.